The van der Waals surface area contributed by atoms with E-state index in [4.69, 9.17) is 4.74 Å². The molecule has 2 heterocycles. The summed E-state index contributed by atoms with van der Waals surface area (Å²) in [5, 5.41) is 11.3. The number of alkyl halides is 3. The minimum Gasteiger partial charge on any atom is -0.455 e. The van der Waals surface area contributed by atoms with E-state index in [1.807, 2.05) is 5.32 Å². The van der Waals surface area contributed by atoms with Gasteiger partial charge in [0, 0.05) is 12.6 Å². The Morgan fingerprint density at radius 3 is 2.68 bits per heavy atom. The fraction of sp³-hybridized carbons (Fsp3) is 0.300. The number of fused-ring (bicyclic) bond motifs is 5. The van der Waals surface area contributed by atoms with Crippen LogP contribution in [0, 0.1) is 26.5 Å². The molecule has 2 aliphatic heterocycles. The monoisotopic (exact) mass is 549 g/mol. The van der Waals surface area contributed by atoms with E-state index in [9.17, 15) is 32.0 Å². The highest BCUT2D eigenvalue weighted by Gasteiger charge is 2.46. The van der Waals surface area contributed by atoms with Crippen LogP contribution in [0.15, 0.2) is 24.3 Å². The molecule has 0 aliphatic carbocycles. The minimum absolute atomic E-state index is 0.00168. The van der Waals surface area contributed by atoms with Gasteiger partial charge in [-0.25, -0.2) is 8.78 Å². The van der Waals surface area contributed by atoms with E-state index in [-0.39, 0.29) is 44.8 Å². The van der Waals surface area contributed by atoms with Gasteiger partial charge in [0.15, 0.2) is 5.75 Å². The van der Waals surface area contributed by atoms with E-state index in [1.165, 1.54) is 12.1 Å². The molecule has 0 radical (unpaired) electrons. The van der Waals surface area contributed by atoms with Crippen molar-refractivity contribution < 1.29 is 31.5 Å². The maximum Gasteiger partial charge on any atom is 0.471 e. The van der Waals surface area contributed by atoms with Crippen molar-refractivity contribution in [2.24, 2.45) is 0 Å². The molecule has 1 N–H and O–H groups in total. The van der Waals surface area contributed by atoms with Gasteiger partial charge in [-0.2, -0.15) is 18.4 Å². The molecule has 2 aliphatic rings. The summed E-state index contributed by atoms with van der Waals surface area (Å²) in [5.41, 5.74) is -0.0275. The zero-order valence-corrected chi connectivity index (χ0v) is 17.7. The van der Waals surface area contributed by atoms with Crippen LogP contribution in [0.25, 0.3) is 0 Å². The Bertz CT molecular complexity index is 1120. The molecule has 0 aromatic heterocycles. The minimum atomic E-state index is -5.11. The largest absolute Gasteiger partial charge is 0.471 e. The summed E-state index contributed by atoms with van der Waals surface area (Å²) >= 11 is 1.76. The number of halogens is 6. The Kier molecular flexibility index (Phi) is 5.45. The molecule has 1 fully saturated rings. The number of amides is 1. The molecule has 2 aromatic rings. The third-order valence-electron chi connectivity index (χ3n) is 5.29. The van der Waals surface area contributed by atoms with Crippen molar-refractivity contribution in [1.29, 1.82) is 5.26 Å². The van der Waals surface area contributed by atoms with E-state index in [1.54, 1.807) is 33.6 Å². The number of nitrogens with one attached hydrogen (secondary N) is 1. The van der Waals surface area contributed by atoms with Gasteiger partial charge in [0.25, 0.3) is 0 Å². The maximum atomic E-state index is 14.9. The molecule has 0 bridgehead atoms. The molecule has 2 aromatic carbocycles. The van der Waals surface area contributed by atoms with Gasteiger partial charge in [-0.3, -0.25) is 4.79 Å². The molecule has 5 nitrogen and oxygen atoms in total. The Morgan fingerprint density at radius 2 is 2.00 bits per heavy atom. The molecule has 0 saturated carbocycles. The molecule has 2 atom stereocenters. The van der Waals surface area contributed by atoms with Crippen LogP contribution in [-0.4, -0.2) is 24.7 Å². The number of ether oxygens (including phenoxy) is 1. The van der Waals surface area contributed by atoms with Gasteiger partial charge >= 0.3 is 12.1 Å². The summed E-state index contributed by atoms with van der Waals surface area (Å²) in [6.45, 7) is 0.277. The molecular weight excluding hydrogens is 536 g/mol. The third-order valence-corrected chi connectivity index (χ3v) is 6.34. The highest BCUT2D eigenvalue weighted by molar-refractivity contribution is 14.1. The van der Waals surface area contributed by atoms with Crippen LogP contribution >= 0.6 is 22.6 Å². The molecular formula is C20H13F5IN3O2. The van der Waals surface area contributed by atoms with Crippen molar-refractivity contribution in [3.8, 4) is 17.6 Å². The molecule has 4 rings (SSSR count). The van der Waals surface area contributed by atoms with Crippen LogP contribution in [-0.2, 0) is 4.79 Å². The lowest BCUT2D eigenvalue weighted by Gasteiger charge is -2.42. The first-order valence-electron chi connectivity index (χ1n) is 9.16. The smallest absolute Gasteiger partial charge is 0.455 e. The number of piperidine rings is 1. The fourth-order valence-corrected chi connectivity index (χ4v) is 5.01. The number of rotatable bonds is 1. The topological polar surface area (TPSA) is 65.4 Å². The van der Waals surface area contributed by atoms with Crippen LogP contribution in [0.4, 0.5) is 27.6 Å². The van der Waals surface area contributed by atoms with Crippen LogP contribution in [0.1, 0.15) is 30.0 Å². The van der Waals surface area contributed by atoms with Gasteiger partial charge < -0.3 is 15.0 Å². The zero-order valence-electron chi connectivity index (χ0n) is 15.6. The second kappa shape index (κ2) is 7.81. The standard InChI is InChI=1S/C20H13F5IN3O2/c21-10-3-1-5-13-15(10)17-12(28-19(30)20(23,24)25)4-2-6-29(17)18-14(31-13)7-11(22)9(8-27)16(18)26/h1,3,5,7,12,17H,2,4,6H2,(H,28,30)/t12-,17-/m0/s1. The molecule has 1 amide bonds. The van der Waals surface area contributed by atoms with E-state index in [2.05, 4.69) is 0 Å². The summed E-state index contributed by atoms with van der Waals surface area (Å²) in [5.74, 6) is -3.68. The lowest BCUT2D eigenvalue weighted by atomic mass is 9.89. The summed E-state index contributed by atoms with van der Waals surface area (Å²) < 4.78 is 74.2. The van der Waals surface area contributed by atoms with E-state index in [0.717, 1.165) is 12.1 Å². The van der Waals surface area contributed by atoms with E-state index >= 15 is 0 Å². The molecule has 162 valence electrons. The number of hydrogen-bond acceptors (Lipinski definition) is 4. The number of nitriles is 1. The quantitative estimate of drug-likeness (QED) is 0.405. The van der Waals surface area contributed by atoms with Crippen molar-refractivity contribution >= 4 is 34.2 Å². The average Bonchev–Trinajstić information content (AvgIpc) is 2.83. The van der Waals surface area contributed by atoms with Crippen molar-refractivity contribution in [3.05, 3.63) is 50.6 Å². The lowest BCUT2D eigenvalue weighted by molar-refractivity contribution is -0.174. The summed E-state index contributed by atoms with van der Waals surface area (Å²) in [6, 6.07) is 4.55. The summed E-state index contributed by atoms with van der Waals surface area (Å²) in [7, 11) is 0. The Hall–Kier alpha value is -2.62. The van der Waals surface area contributed by atoms with Crippen LogP contribution in [0.3, 0.4) is 0 Å². The first-order chi connectivity index (χ1) is 14.6. The molecule has 1 saturated heterocycles. The highest BCUT2D eigenvalue weighted by atomic mass is 127. The average molecular weight is 549 g/mol. The number of nitrogens with zero attached hydrogens (tertiary/aromatic N) is 2. The second-order valence-electron chi connectivity index (χ2n) is 7.12. The number of carbonyl (C=O) groups excluding carboxylic acids is 1. The molecule has 11 heteroatoms. The maximum absolute atomic E-state index is 14.9. The van der Waals surface area contributed by atoms with Crippen molar-refractivity contribution in [3.63, 3.8) is 0 Å². The summed E-state index contributed by atoms with van der Waals surface area (Å²) in [4.78, 5) is 13.3. The Labute approximate surface area is 186 Å². The van der Waals surface area contributed by atoms with Gasteiger partial charge in [-0.15, -0.1) is 0 Å². The van der Waals surface area contributed by atoms with Crippen molar-refractivity contribution in [2.45, 2.75) is 31.1 Å². The van der Waals surface area contributed by atoms with Gasteiger partial charge in [0.2, 0.25) is 0 Å². The highest BCUT2D eigenvalue weighted by Crippen LogP contribution is 2.51. The normalized spacial score (nSPS) is 19.8. The lowest BCUT2D eigenvalue weighted by Crippen LogP contribution is -2.53. The second-order valence-corrected chi connectivity index (χ2v) is 8.20. The number of anilines is 1. The van der Waals surface area contributed by atoms with Gasteiger partial charge in [0.1, 0.15) is 29.0 Å². The zero-order chi connectivity index (χ0) is 22.5. The van der Waals surface area contributed by atoms with Crippen LogP contribution in [0.5, 0.6) is 11.5 Å². The first kappa shape index (κ1) is 21.6. The predicted molar refractivity (Wildman–Crippen MR) is 108 cm³/mol. The van der Waals surface area contributed by atoms with Crippen molar-refractivity contribution in [1.82, 2.24) is 5.32 Å². The van der Waals surface area contributed by atoms with Crippen LogP contribution < -0.4 is 15.0 Å². The van der Waals surface area contributed by atoms with Crippen molar-refractivity contribution in [2.75, 3.05) is 11.4 Å². The summed E-state index contributed by atoms with van der Waals surface area (Å²) in [6.07, 6.45) is -4.57. The van der Waals surface area contributed by atoms with Crippen LogP contribution in [0.2, 0.25) is 0 Å². The van der Waals surface area contributed by atoms with Gasteiger partial charge in [-0.05, 0) is 47.6 Å². The predicted octanol–water partition coefficient (Wildman–Crippen LogP) is 4.94. The first-order valence-corrected chi connectivity index (χ1v) is 10.2. The Morgan fingerprint density at radius 1 is 1.26 bits per heavy atom. The number of carbonyl (C=O) groups is 1. The van der Waals surface area contributed by atoms with Gasteiger partial charge in [-0.1, -0.05) is 6.07 Å². The van der Waals surface area contributed by atoms with E-state index < -0.39 is 35.8 Å². The fourth-order valence-electron chi connectivity index (χ4n) is 4.05. The number of benzene rings is 2. The molecule has 0 unspecified atom stereocenters. The third kappa shape index (κ3) is 3.66. The number of hydrogen-bond donors (Lipinski definition) is 1. The molecule has 0 spiro atoms. The SMILES string of the molecule is N#Cc1c(F)cc2c(c1I)N1CCC[C@H](NC(=O)C(F)(F)F)[C@H]1c1c(F)cccc1O2. The van der Waals surface area contributed by atoms with Gasteiger partial charge in [0.05, 0.1) is 26.9 Å². The van der Waals surface area contributed by atoms with E-state index in [0.29, 0.717) is 6.42 Å². The Balaban J connectivity index is 1.93. The molecule has 31 heavy (non-hydrogen) atoms.